The van der Waals surface area contributed by atoms with Gasteiger partial charge in [-0.05, 0) is 64.0 Å². The third-order valence-corrected chi connectivity index (χ3v) is 5.13. The third-order valence-electron chi connectivity index (χ3n) is 3.36. The molecule has 1 aromatic heterocycles. The van der Waals surface area contributed by atoms with Crippen LogP contribution >= 0.6 is 27.7 Å². The van der Waals surface area contributed by atoms with Crippen LogP contribution in [0.5, 0.6) is 0 Å². The average molecular weight is 399 g/mol. The lowest BCUT2D eigenvalue weighted by Gasteiger charge is -2.08. The highest BCUT2D eigenvalue weighted by Gasteiger charge is 2.09. The number of nitrogens with one attached hydrogen (secondary N) is 1. The van der Waals surface area contributed by atoms with E-state index in [2.05, 4.69) is 32.3 Å². The van der Waals surface area contributed by atoms with Gasteiger partial charge in [-0.1, -0.05) is 18.2 Å². The van der Waals surface area contributed by atoms with Crippen molar-refractivity contribution in [2.75, 3.05) is 5.32 Å². The summed E-state index contributed by atoms with van der Waals surface area (Å²) in [6, 6.07) is 19.2. The van der Waals surface area contributed by atoms with Gasteiger partial charge in [0.05, 0.1) is 5.56 Å². The van der Waals surface area contributed by atoms with Gasteiger partial charge in [-0.2, -0.15) is 0 Å². The molecular weight excluding hydrogens is 384 g/mol. The Balaban J connectivity index is 1.60. The maximum atomic E-state index is 12.3. The highest BCUT2D eigenvalue weighted by Crippen LogP contribution is 2.24. The Bertz CT molecular complexity index is 822. The van der Waals surface area contributed by atoms with Crippen molar-refractivity contribution >= 4 is 39.3 Å². The largest absolute Gasteiger partial charge is 0.322 e. The summed E-state index contributed by atoms with van der Waals surface area (Å²) in [6.07, 6.45) is 3.65. The molecule has 0 aliphatic rings. The monoisotopic (exact) mass is 398 g/mol. The standard InChI is InChI=1S/C19H15BrN2OS/c20-18-6-2-1-5-17(18)19(23)22-15-7-9-16(10-8-15)24-13-14-4-3-11-21-12-14/h1-12H,13H2,(H,22,23). The summed E-state index contributed by atoms with van der Waals surface area (Å²) in [5, 5.41) is 2.91. The molecule has 1 amide bonds. The van der Waals surface area contributed by atoms with Crippen LogP contribution in [0.1, 0.15) is 15.9 Å². The summed E-state index contributed by atoms with van der Waals surface area (Å²) < 4.78 is 0.783. The molecule has 3 rings (SSSR count). The van der Waals surface area contributed by atoms with E-state index in [1.165, 1.54) is 5.56 Å². The first-order valence-electron chi connectivity index (χ1n) is 7.40. The Labute approximate surface area is 153 Å². The molecule has 0 bridgehead atoms. The molecule has 120 valence electrons. The predicted molar refractivity (Wildman–Crippen MR) is 102 cm³/mol. The average Bonchev–Trinajstić information content (AvgIpc) is 2.62. The zero-order chi connectivity index (χ0) is 16.8. The molecule has 3 nitrogen and oxygen atoms in total. The topological polar surface area (TPSA) is 42.0 Å². The maximum absolute atomic E-state index is 12.3. The lowest BCUT2D eigenvalue weighted by molar-refractivity contribution is 0.102. The van der Waals surface area contributed by atoms with Gasteiger partial charge in [0, 0.05) is 33.2 Å². The normalized spacial score (nSPS) is 10.4. The first kappa shape index (κ1) is 16.7. The molecule has 0 aliphatic heterocycles. The van der Waals surface area contributed by atoms with Crippen molar-refractivity contribution < 1.29 is 4.79 Å². The van der Waals surface area contributed by atoms with Crippen LogP contribution in [-0.2, 0) is 5.75 Å². The molecule has 1 N–H and O–H groups in total. The number of halogens is 1. The fraction of sp³-hybridized carbons (Fsp3) is 0.0526. The van der Waals surface area contributed by atoms with Crippen molar-refractivity contribution in [2.24, 2.45) is 0 Å². The van der Waals surface area contributed by atoms with E-state index >= 15 is 0 Å². The minimum atomic E-state index is -0.127. The number of hydrogen-bond donors (Lipinski definition) is 1. The highest BCUT2D eigenvalue weighted by atomic mass is 79.9. The molecule has 0 saturated heterocycles. The van der Waals surface area contributed by atoms with Gasteiger partial charge in [-0.25, -0.2) is 0 Å². The van der Waals surface area contributed by atoms with Crippen LogP contribution < -0.4 is 5.32 Å². The second-order valence-corrected chi connectivity index (χ2v) is 7.01. The van der Waals surface area contributed by atoms with Gasteiger partial charge in [0.25, 0.3) is 5.91 Å². The molecule has 0 aliphatic carbocycles. The number of rotatable bonds is 5. The van der Waals surface area contributed by atoms with Crippen LogP contribution in [0.15, 0.2) is 82.4 Å². The van der Waals surface area contributed by atoms with Crippen molar-refractivity contribution in [2.45, 2.75) is 10.6 Å². The maximum Gasteiger partial charge on any atom is 0.256 e. The van der Waals surface area contributed by atoms with E-state index in [0.717, 1.165) is 20.8 Å². The predicted octanol–water partition coefficient (Wildman–Crippen LogP) is 5.39. The fourth-order valence-corrected chi connectivity index (χ4v) is 3.43. The van der Waals surface area contributed by atoms with E-state index in [4.69, 9.17) is 0 Å². The second-order valence-electron chi connectivity index (χ2n) is 5.11. The van der Waals surface area contributed by atoms with Gasteiger partial charge in [0.15, 0.2) is 0 Å². The Hall–Kier alpha value is -2.11. The molecule has 1 heterocycles. The molecular formula is C19H15BrN2OS. The fourth-order valence-electron chi connectivity index (χ4n) is 2.13. The van der Waals surface area contributed by atoms with E-state index in [1.54, 1.807) is 24.0 Å². The first-order chi connectivity index (χ1) is 11.7. The van der Waals surface area contributed by atoms with E-state index in [9.17, 15) is 4.79 Å². The van der Waals surface area contributed by atoms with Gasteiger partial charge in [0.1, 0.15) is 0 Å². The zero-order valence-electron chi connectivity index (χ0n) is 12.8. The number of thioether (sulfide) groups is 1. The Morgan fingerprint density at radius 2 is 1.83 bits per heavy atom. The van der Waals surface area contributed by atoms with Crippen LogP contribution in [0.2, 0.25) is 0 Å². The number of pyridine rings is 1. The van der Waals surface area contributed by atoms with E-state index < -0.39 is 0 Å². The Kier molecular flexibility index (Phi) is 5.67. The molecule has 0 saturated carbocycles. The van der Waals surface area contributed by atoms with Crippen LogP contribution in [-0.4, -0.2) is 10.9 Å². The minimum Gasteiger partial charge on any atom is -0.322 e. The number of amides is 1. The van der Waals surface area contributed by atoms with Crippen LogP contribution in [0, 0.1) is 0 Å². The number of benzene rings is 2. The second kappa shape index (κ2) is 8.13. The van der Waals surface area contributed by atoms with E-state index in [0.29, 0.717) is 5.56 Å². The molecule has 0 radical (unpaired) electrons. The van der Waals surface area contributed by atoms with Gasteiger partial charge in [0.2, 0.25) is 0 Å². The molecule has 24 heavy (non-hydrogen) atoms. The molecule has 3 aromatic rings. The smallest absolute Gasteiger partial charge is 0.256 e. The molecule has 0 fully saturated rings. The minimum absolute atomic E-state index is 0.127. The molecule has 0 spiro atoms. The molecule has 2 aromatic carbocycles. The van der Waals surface area contributed by atoms with Crippen molar-refractivity contribution in [3.63, 3.8) is 0 Å². The summed E-state index contributed by atoms with van der Waals surface area (Å²) >= 11 is 5.14. The summed E-state index contributed by atoms with van der Waals surface area (Å²) in [5.74, 6) is 0.745. The number of carbonyl (C=O) groups excluding carboxylic acids is 1. The molecule has 0 unspecified atom stereocenters. The van der Waals surface area contributed by atoms with Crippen LogP contribution in [0.3, 0.4) is 0 Å². The summed E-state index contributed by atoms with van der Waals surface area (Å²) in [7, 11) is 0. The summed E-state index contributed by atoms with van der Waals surface area (Å²) in [6.45, 7) is 0. The lowest BCUT2D eigenvalue weighted by Crippen LogP contribution is -2.12. The van der Waals surface area contributed by atoms with Crippen molar-refractivity contribution in [3.8, 4) is 0 Å². The first-order valence-corrected chi connectivity index (χ1v) is 9.18. The number of anilines is 1. The van der Waals surface area contributed by atoms with Crippen molar-refractivity contribution in [3.05, 3.63) is 88.7 Å². The number of nitrogens with zero attached hydrogens (tertiary/aromatic N) is 1. The quantitative estimate of drug-likeness (QED) is 0.585. The van der Waals surface area contributed by atoms with Crippen LogP contribution in [0.4, 0.5) is 5.69 Å². The van der Waals surface area contributed by atoms with Gasteiger partial charge >= 0.3 is 0 Å². The van der Waals surface area contributed by atoms with Crippen LogP contribution in [0.25, 0.3) is 0 Å². The summed E-state index contributed by atoms with van der Waals surface area (Å²) in [4.78, 5) is 17.5. The van der Waals surface area contributed by atoms with Crippen molar-refractivity contribution in [1.82, 2.24) is 4.98 Å². The molecule has 5 heteroatoms. The number of aromatic nitrogens is 1. The third kappa shape index (κ3) is 4.46. The van der Waals surface area contributed by atoms with E-state index in [-0.39, 0.29) is 5.91 Å². The van der Waals surface area contributed by atoms with Gasteiger partial charge in [-0.15, -0.1) is 11.8 Å². The van der Waals surface area contributed by atoms with Gasteiger partial charge in [-0.3, -0.25) is 9.78 Å². The van der Waals surface area contributed by atoms with Gasteiger partial charge < -0.3 is 5.32 Å². The lowest BCUT2D eigenvalue weighted by atomic mass is 10.2. The van der Waals surface area contributed by atoms with E-state index in [1.807, 2.05) is 54.7 Å². The highest BCUT2D eigenvalue weighted by molar-refractivity contribution is 9.10. The zero-order valence-corrected chi connectivity index (χ0v) is 15.2. The number of hydrogen-bond acceptors (Lipinski definition) is 3. The Morgan fingerprint density at radius 3 is 2.54 bits per heavy atom. The SMILES string of the molecule is O=C(Nc1ccc(SCc2cccnc2)cc1)c1ccccc1Br. The number of carbonyl (C=O) groups is 1. The molecule has 0 atom stereocenters. The van der Waals surface area contributed by atoms with Crippen molar-refractivity contribution in [1.29, 1.82) is 0 Å². The summed E-state index contributed by atoms with van der Waals surface area (Å²) in [5.41, 5.74) is 2.59. The Morgan fingerprint density at radius 1 is 1.04 bits per heavy atom.